The molecule has 436 valence electrons. The summed E-state index contributed by atoms with van der Waals surface area (Å²) in [5, 5.41) is 22.2. The number of thioether (sulfide) groups is 1. The Morgan fingerprint density at radius 1 is 1.05 bits per heavy atom. The van der Waals surface area contributed by atoms with Gasteiger partial charge in [0.25, 0.3) is 0 Å². The summed E-state index contributed by atoms with van der Waals surface area (Å²) in [6.07, 6.45) is 6.32. The number of nitrogens with zero attached hydrogens (tertiary/aromatic N) is 2. The number of carbonyl (C=O) groups excluding carboxylic acids is 8. The first-order valence-electron chi connectivity index (χ1n) is 25.9. The van der Waals surface area contributed by atoms with Crippen molar-refractivity contribution in [2.24, 2.45) is 23.5 Å². The summed E-state index contributed by atoms with van der Waals surface area (Å²) < 4.78 is 28.8. The molecule has 3 rings (SSSR count). The van der Waals surface area contributed by atoms with Crippen LogP contribution in [0.1, 0.15) is 99.5 Å². The van der Waals surface area contributed by atoms with Crippen molar-refractivity contribution >= 4 is 71.2 Å². The second kappa shape index (κ2) is 35.4. The Labute approximate surface area is 465 Å². The van der Waals surface area contributed by atoms with Crippen molar-refractivity contribution < 1.29 is 67.1 Å². The second-order valence-electron chi connectivity index (χ2n) is 19.4. The van der Waals surface area contributed by atoms with Gasteiger partial charge in [-0.3, -0.25) is 38.5 Å². The highest BCUT2D eigenvalue weighted by Crippen LogP contribution is 2.48. The van der Waals surface area contributed by atoms with Crippen LogP contribution in [0.25, 0.3) is 0 Å². The maximum absolute atomic E-state index is 13.6. The first kappa shape index (κ1) is 69.9. The van der Waals surface area contributed by atoms with Gasteiger partial charge in [-0.2, -0.15) is 11.8 Å². The molecule has 0 spiro atoms. The molecule has 0 radical (unpaired) electrons. The third kappa shape index (κ3) is 22.7. The molecule has 0 aromatic heterocycles. The summed E-state index contributed by atoms with van der Waals surface area (Å²) in [6, 6.07) is 4.31. The predicted octanol–water partition coefficient (Wildman–Crippen LogP) is 3.70. The molecule has 7 N–H and O–H groups in total. The highest BCUT2D eigenvalue weighted by atomic mass is 35.5. The topological polar surface area (TPSA) is 287 Å². The Hall–Kier alpha value is -5.10. The zero-order valence-electron chi connectivity index (χ0n) is 47.7. The zero-order chi connectivity index (χ0) is 58.6. The average Bonchev–Trinajstić information content (AvgIpc) is 4.02. The molecule has 2 aliphatic heterocycles. The number of imide groups is 1. The minimum Gasteiger partial charge on any atom is -0.495 e. The van der Waals surface area contributed by atoms with E-state index in [1.807, 2.05) is 50.7 Å². The number of unbranched alkanes of at least 4 members (excludes halogenated alkanes) is 1. The van der Waals surface area contributed by atoms with Gasteiger partial charge in [0, 0.05) is 66.0 Å². The lowest BCUT2D eigenvalue weighted by Gasteiger charge is -2.37. The molecule has 2 aliphatic rings. The minimum absolute atomic E-state index is 0.0207. The number of hydrogen-bond acceptors (Lipinski definition) is 16. The first-order valence-corrected chi connectivity index (χ1v) is 27.7. The van der Waals surface area contributed by atoms with Crippen LogP contribution in [-0.4, -0.2) is 178 Å². The molecule has 2 heterocycles. The molecule has 2 fully saturated rings. The molecule has 23 heteroatoms. The molecule has 21 nitrogen and oxygen atoms in total. The standard InChI is InChI=1S/C47H69ClN6O14.C4H11N.C3H8S/c1-27(2)32-21-41(59)54(44(32)61)18-17-38(56)50-24-40(58)51-25-42(60)53(8)30(5)45(62)67-37(22-39(57)49-7)46(6)43(68-46)29(4)35(65-10)23-47(63,52-26-55)36(66-11)14-12-13-28(3)19-31-15-16-33(48)34(20-31)64-9;1-2-3-4-5;1-3-4-2/h12-16,20,26-27,29-30,32,35-37,43,63H,17-19,21-25H2,1-11H3,(H,49,57)(H,50,56)(H,51,58)(H,52,55);2-5H2,1H3;3H2,1-2H3/b14-12+,28-13+;;. The Morgan fingerprint density at radius 2 is 1.70 bits per heavy atom. The van der Waals surface area contributed by atoms with Crippen LogP contribution in [0.3, 0.4) is 0 Å². The molecule has 0 aliphatic carbocycles. The molecule has 2 saturated heterocycles. The van der Waals surface area contributed by atoms with Gasteiger partial charge >= 0.3 is 5.97 Å². The van der Waals surface area contributed by atoms with E-state index in [1.165, 1.54) is 53.8 Å². The van der Waals surface area contributed by atoms with Crippen molar-refractivity contribution in [3.8, 4) is 5.75 Å². The number of allylic oxidation sites excluding steroid dienone is 3. The third-order valence-corrected chi connectivity index (χ3v) is 14.3. The van der Waals surface area contributed by atoms with Crippen molar-refractivity contribution in [3.63, 3.8) is 0 Å². The number of benzene rings is 1. The molecular weight excluding hydrogens is 1040 g/mol. The molecule has 1 aromatic rings. The largest absolute Gasteiger partial charge is 0.495 e. The average molecular weight is 1130 g/mol. The van der Waals surface area contributed by atoms with Crippen LogP contribution in [0.5, 0.6) is 5.75 Å². The monoisotopic (exact) mass is 1130 g/mol. The maximum Gasteiger partial charge on any atom is 0.328 e. The van der Waals surface area contributed by atoms with Gasteiger partial charge in [-0.05, 0) is 75.8 Å². The maximum atomic E-state index is 13.6. The van der Waals surface area contributed by atoms with Crippen LogP contribution in [0.15, 0.2) is 42.0 Å². The van der Waals surface area contributed by atoms with Crippen molar-refractivity contribution in [2.45, 2.75) is 142 Å². The SMILES string of the molecule is CCCCN.CCSC.CNC(=O)CC(OC(=O)C(C)N(C)C(=O)CNC(=O)CNC(=O)CCN1C(=O)CC(C(C)C)C1=O)C1(C)OC1C(C)C(CC(O)(NC=O)C(/C=C/C=C(\C)Cc1ccc(Cl)c(OC)c1)OC)OC. The Balaban J connectivity index is 0.00000303. The van der Waals surface area contributed by atoms with Crippen molar-refractivity contribution in [3.05, 3.63) is 52.6 Å². The van der Waals surface area contributed by atoms with E-state index in [4.69, 9.17) is 41.0 Å². The van der Waals surface area contributed by atoms with Gasteiger partial charge in [-0.1, -0.05) is 82.5 Å². The number of nitrogens with one attached hydrogen (secondary N) is 4. The smallest absolute Gasteiger partial charge is 0.328 e. The molecular formula is C54H88ClN7O14S. The van der Waals surface area contributed by atoms with Gasteiger partial charge in [-0.25, -0.2) is 4.79 Å². The molecule has 7 amide bonds. The van der Waals surface area contributed by atoms with Gasteiger partial charge in [0.05, 0.1) is 43.9 Å². The Morgan fingerprint density at radius 3 is 2.22 bits per heavy atom. The summed E-state index contributed by atoms with van der Waals surface area (Å²) in [4.78, 5) is 103. The predicted molar refractivity (Wildman–Crippen MR) is 297 cm³/mol. The summed E-state index contributed by atoms with van der Waals surface area (Å²) in [7, 11) is 7.10. The van der Waals surface area contributed by atoms with E-state index in [9.17, 15) is 43.5 Å². The summed E-state index contributed by atoms with van der Waals surface area (Å²) in [5.74, 6) is -3.13. The van der Waals surface area contributed by atoms with Gasteiger partial charge < -0.3 is 60.7 Å². The lowest BCUT2D eigenvalue weighted by atomic mass is 9.84. The number of aliphatic hydroxyl groups is 1. The number of ether oxygens (including phenoxy) is 5. The lowest BCUT2D eigenvalue weighted by Crippen LogP contribution is -2.57. The van der Waals surface area contributed by atoms with Crippen molar-refractivity contribution in [2.75, 3.05) is 73.6 Å². The third-order valence-electron chi connectivity index (χ3n) is 13.4. The van der Waals surface area contributed by atoms with Crippen LogP contribution >= 0.6 is 23.4 Å². The number of esters is 1. The van der Waals surface area contributed by atoms with Gasteiger partial charge in [0.1, 0.15) is 29.6 Å². The first-order chi connectivity index (χ1) is 36.3. The summed E-state index contributed by atoms with van der Waals surface area (Å²) >= 11 is 8.02. The Bertz CT molecular complexity index is 2150. The number of hydrogen-bond donors (Lipinski definition) is 6. The number of epoxide rings is 1. The minimum atomic E-state index is -1.97. The fourth-order valence-corrected chi connectivity index (χ4v) is 8.37. The second-order valence-corrected chi connectivity index (χ2v) is 21.0. The molecule has 0 bridgehead atoms. The van der Waals surface area contributed by atoms with Crippen LogP contribution in [0.4, 0.5) is 0 Å². The van der Waals surface area contributed by atoms with Crippen LogP contribution < -0.4 is 31.7 Å². The number of nitrogens with two attached hydrogens (primary N) is 1. The van der Waals surface area contributed by atoms with E-state index in [1.54, 1.807) is 39.2 Å². The van der Waals surface area contributed by atoms with Crippen molar-refractivity contribution in [1.82, 2.24) is 31.1 Å². The summed E-state index contributed by atoms with van der Waals surface area (Å²) in [5.41, 5.74) is 3.87. The number of halogens is 1. The molecule has 9 atom stereocenters. The van der Waals surface area contributed by atoms with Crippen molar-refractivity contribution in [1.29, 1.82) is 0 Å². The van der Waals surface area contributed by atoms with Crippen LogP contribution in [0, 0.1) is 17.8 Å². The number of methoxy groups -OCH3 is 3. The highest BCUT2D eigenvalue weighted by molar-refractivity contribution is 7.98. The Kier molecular flexibility index (Phi) is 32.2. The van der Waals surface area contributed by atoms with Gasteiger partial charge in [0.2, 0.25) is 41.9 Å². The van der Waals surface area contributed by atoms with E-state index < -0.39 is 96.3 Å². The number of likely N-dealkylation sites (N-methyl/N-ethyl adjacent to an activating group) is 1. The van der Waals surface area contributed by atoms with Crippen LogP contribution in [-0.2, 0) is 63.7 Å². The quantitative estimate of drug-likeness (QED) is 0.0154. The summed E-state index contributed by atoms with van der Waals surface area (Å²) in [6.45, 7) is 14.5. The normalized spacial score (nSPS) is 19.7. The molecule has 0 saturated carbocycles. The van der Waals surface area contributed by atoms with Crippen LogP contribution in [0.2, 0.25) is 5.02 Å². The van der Waals surface area contributed by atoms with E-state index >= 15 is 0 Å². The number of rotatable bonds is 31. The lowest BCUT2D eigenvalue weighted by molar-refractivity contribution is -0.162. The number of carbonyl (C=O) groups is 8. The fourth-order valence-electron chi connectivity index (χ4n) is 8.18. The zero-order valence-corrected chi connectivity index (χ0v) is 49.2. The van der Waals surface area contributed by atoms with E-state index in [0.29, 0.717) is 23.6 Å². The molecule has 9 unspecified atom stereocenters. The van der Waals surface area contributed by atoms with E-state index in [2.05, 4.69) is 41.4 Å². The fraction of sp³-hybridized carbons (Fsp3) is 0.667. The van der Waals surface area contributed by atoms with E-state index in [0.717, 1.165) is 27.5 Å². The number of amides is 7. The highest BCUT2D eigenvalue weighted by Gasteiger charge is 2.63. The van der Waals surface area contributed by atoms with Gasteiger partial charge in [0.15, 0.2) is 5.72 Å². The van der Waals surface area contributed by atoms with Gasteiger partial charge in [-0.15, -0.1) is 0 Å². The molecule has 1 aromatic carbocycles. The number of likely N-dealkylation sites (tertiary alicyclic amines) is 1. The molecule has 77 heavy (non-hydrogen) atoms. The van der Waals surface area contributed by atoms with E-state index in [-0.39, 0.29) is 50.0 Å².